The Balaban J connectivity index is 1.53. The van der Waals surface area contributed by atoms with E-state index in [0.29, 0.717) is 5.88 Å². The van der Waals surface area contributed by atoms with Gasteiger partial charge >= 0.3 is 0 Å². The van der Waals surface area contributed by atoms with E-state index in [1.54, 1.807) is 0 Å². The molecule has 0 radical (unpaired) electrons. The molecule has 0 spiro atoms. The van der Waals surface area contributed by atoms with Crippen LogP contribution in [0.5, 0.6) is 0 Å². The Morgan fingerprint density at radius 1 is 0.611 bits per heavy atom. The quantitative estimate of drug-likeness (QED) is 0.242. The lowest BCUT2D eigenvalue weighted by Gasteiger charge is -2.35. The van der Waals surface area contributed by atoms with Crippen LogP contribution in [0.2, 0.25) is 0 Å². The van der Waals surface area contributed by atoms with Gasteiger partial charge in [0.1, 0.15) is 0 Å². The second-order valence-corrected chi connectivity index (χ2v) is 9.56. The van der Waals surface area contributed by atoms with E-state index in [2.05, 4.69) is 60.9 Å². The first-order chi connectivity index (χ1) is 17.6. The highest BCUT2D eigenvalue weighted by molar-refractivity contribution is 6.18. The Morgan fingerprint density at radius 3 is 1.47 bits per heavy atom. The van der Waals surface area contributed by atoms with E-state index in [1.165, 1.54) is 0 Å². The molecule has 4 aromatic rings. The highest BCUT2D eigenvalue weighted by Crippen LogP contribution is 2.25. The summed E-state index contributed by atoms with van der Waals surface area (Å²) in [7, 11) is 0. The topological polar surface area (TPSA) is 58.0 Å². The number of alkyl halides is 1. The molecule has 186 valence electrons. The van der Waals surface area contributed by atoms with Crippen LogP contribution in [-0.2, 0) is 25.0 Å². The summed E-state index contributed by atoms with van der Waals surface area (Å²) < 4.78 is 0. The van der Waals surface area contributed by atoms with Crippen molar-refractivity contribution in [2.45, 2.75) is 32.0 Å². The maximum absolute atomic E-state index is 6.56. The zero-order valence-corrected chi connectivity index (χ0v) is 21.5. The third-order valence-corrected chi connectivity index (χ3v) is 6.81. The first kappa shape index (κ1) is 25.9. The standard InChI is InChI=1S/C29H33ClN6/c1-29(23-30,28-13-5-9-17-34-28)24-36(22-27-12-4-8-16-33-27)19-18-35(20-25-10-2-6-14-31-25)21-26-11-3-7-15-32-26/h2-17H,18-24H2,1H3/t29-/m0/s1. The van der Waals surface area contributed by atoms with Crippen molar-refractivity contribution in [3.63, 3.8) is 0 Å². The molecule has 1 atom stereocenters. The summed E-state index contributed by atoms with van der Waals surface area (Å²) in [5, 5.41) is 0. The number of pyridine rings is 4. The van der Waals surface area contributed by atoms with Crippen molar-refractivity contribution in [2.24, 2.45) is 0 Å². The Morgan fingerprint density at radius 2 is 1.06 bits per heavy atom. The Labute approximate surface area is 219 Å². The molecule has 0 amide bonds. The summed E-state index contributed by atoms with van der Waals surface area (Å²) in [6, 6.07) is 24.2. The second-order valence-electron chi connectivity index (χ2n) is 9.29. The first-order valence-electron chi connectivity index (χ1n) is 12.3. The largest absolute Gasteiger partial charge is 0.295 e. The molecular formula is C29H33ClN6. The Kier molecular flexibility index (Phi) is 9.50. The van der Waals surface area contributed by atoms with E-state index in [-0.39, 0.29) is 5.41 Å². The van der Waals surface area contributed by atoms with Crippen molar-refractivity contribution in [3.8, 4) is 0 Å². The van der Waals surface area contributed by atoms with Crippen molar-refractivity contribution in [3.05, 3.63) is 120 Å². The molecule has 0 aliphatic heterocycles. The number of halogens is 1. The molecule has 7 heteroatoms. The van der Waals surface area contributed by atoms with Crippen LogP contribution in [0.1, 0.15) is 29.7 Å². The molecule has 6 nitrogen and oxygen atoms in total. The van der Waals surface area contributed by atoms with Crippen LogP contribution in [0.25, 0.3) is 0 Å². The summed E-state index contributed by atoms with van der Waals surface area (Å²) in [5.41, 5.74) is 3.85. The summed E-state index contributed by atoms with van der Waals surface area (Å²) >= 11 is 6.56. The number of rotatable bonds is 13. The molecule has 4 aromatic heterocycles. The molecule has 0 aromatic carbocycles. The molecule has 0 saturated carbocycles. The minimum Gasteiger partial charge on any atom is -0.295 e. The summed E-state index contributed by atoms with van der Waals surface area (Å²) in [6.07, 6.45) is 7.38. The van der Waals surface area contributed by atoms with E-state index in [1.807, 2.05) is 73.3 Å². The van der Waals surface area contributed by atoms with Crippen molar-refractivity contribution >= 4 is 11.6 Å². The van der Waals surface area contributed by atoms with E-state index in [4.69, 9.17) is 11.6 Å². The van der Waals surface area contributed by atoms with Crippen molar-refractivity contribution in [1.82, 2.24) is 29.7 Å². The fourth-order valence-corrected chi connectivity index (χ4v) is 4.50. The lowest BCUT2D eigenvalue weighted by molar-refractivity contribution is 0.162. The van der Waals surface area contributed by atoms with Gasteiger partial charge in [-0.15, -0.1) is 11.6 Å². The monoisotopic (exact) mass is 500 g/mol. The van der Waals surface area contributed by atoms with Gasteiger partial charge < -0.3 is 0 Å². The smallest absolute Gasteiger partial charge is 0.0544 e. The number of nitrogens with zero attached hydrogens (tertiary/aromatic N) is 6. The van der Waals surface area contributed by atoms with Crippen molar-refractivity contribution < 1.29 is 0 Å². The molecule has 0 aliphatic carbocycles. The average molecular weight is 501 g/mol. The SMILES string of the molecule is C[C@](CCl)(CN(CCN(Cc1ccccn1)Cc1ccccn1)Cc1ccccn1)c1ccccn1. The lowest BCUT2D eigenvalue weighted by Crippen LogP contribution is -2.43. The van der Waals surface area contributed by atoms with Gasteiger partial charge in [-0.25, -0.2) is 0 Å². The zero-order valence-electron chi connectivity index (χ0n) is 20.7. The van der Waals surface area contributed by atoms with Crippen LogP contribution in [0.3, 0.4) is 0 Å². The average Bonchev–Trinajstić information content (AvgIpc) is 2.94. The molecule has 4 rings (SSSR count). The van der Waals surface area contributed by atoms with Gasteiger partial charge in [0.05, 0.1) is 17.1 Å². The van der Waals surface area contributed by atoms with E-state index in [9.17, 15) is 0 Å². The van der Waals surface area contributed by atoms with E-state index >= 15 is 0 Å². The normalized spacial score (nSPS) is 13.1. The maximum atomic E-state index is 6.56. The van der Waals surface area contributed by atoms with Gasteiger partial charge in [0.25, 0.3) is 0 Å². The predicted molar refractivity (Wildman–Crippen MR) is 144 cm³/mol. The number of hydrogen-bond acceptors (Lipinski definition) is 6. The van der Waals surface area contributed by atoms with E-state index in [0.717, 1.165) is 62.0 Å². The molecule has 4 heterocycles. The molecule has 0 fully saturated rings. The highest BCUT2D eigenvalue weighted by atomic mass is 35.5. The fraction of sp³-hybridized carbons (Fsp3) is 0.310. The van der Waals surface area contributed by atoms with E-state index < -0.39 is 0 Å². The Bertz CT molecular complexity index is 1110. The molecule has 0 N–H and O–H groups in total. The highest BCUT2D eigenvalue weighted by Gasteiger charge is 2.30. The van der Waals surface area contributed by atoms with Crippen LogP contribution in [-0.4, -0.2) is 55.3 Å². The van der Waals surface area contributed by atoms with Crippen molar-refractivity contribution in [2.75, 3.05) is 25.5 Å². The predicted octanol–water partition coefficient (Wildman–Crippen LogP) is 4.97. The molecule has 0 bridgehead atoms. The number of hydrogen-bond donors (Lipinski definition) is 0. The van der Waals surface area contributed by atoms with Gasteiger partial charge in [0, 0.05) is 81.0 Å². The summed E-state index contributed by atoms with van der Waals surface area (Å²) in [6.45, 7) is 6.89. The maximum Gasteiger partial charge on any atom is 0.0544 e. The van der Waals surface area contributed by atoms with Crippen LogP contribution < -0.4 is 0 Å². The molecule has 0 unspecified atom stereocenters. The van der Waals surface area contributed by atoms with Crippen LogP contribution in [0.4, 0.5) is 0 Å². The van der Waals surface area contributed by atoms with Crippen molar-refractivity contribution in [1.29, 1.82) is 0 Å². The van der Waals surface area contributed by atoms with Gasteiger partial charge in [-0.05, 0) is 48.5 Å². The molecule has 0 aliphatic rings. The lowest BCUT2D eigenvalue weighted by atomic mass is 9.87. The van der Waals surface area contributed by atoms with Gasteiger partial charge in [-0.1, -0.05) is 31.2 Å². The minimum atomic E-state index is -0.287. The fourth-order valence-electron chi connectivity index (χ4n) is 4.28. The molecule has 36 heavy (non-hydrogen) atoms. The van der Waals surface area contributed by atoms with Crippen LogP contribution in [0.15, 0.2) is 97.6 Å². The number of aromatic nitrogens is 4. The first-order valence-corrected chi connectivity index (χ1v) is 12.8. The Hall–Kier alpha value is -3.19. The summed E-state index contributed by atoms with van der Waals surface area (Å²) in [5.74, 6) is 0.480. The van der Waals surface area contributed by atoms with Gasteiger partial charge in [0.2, 0.25) is 0 Å². The zero-order chi connectivity index (χ0) is 25.1. The van der Waals surface area contributed by atoms with Crippen LogP contribution >= 0.6 is 11.6 Å². The van der Waals surface area contributed by atoms with Gasteiger partial charge in [0.15, 0.2) is 0 Å². The third-order valence-electron chi connectivity index (χ3n) is 6.22. The second kappa shape index (κ2) is 13.2. The van der Waals surface area contributed by atoms with Gasteiger partial charge in [-0.3, -0.25) is 29.7 Å². The molecule has 0 saturated heterocycles. The van der Waals surface area contributed by atoms with Crippen LogP contribution in [0, 0.1) is 0 Å². The third kappa shape index (κ3) is 7.65. The molecular weight excluding hydrogens is 468 g/mol. The minimum absolute atomic E-state index is 0.287. The van der Waals surface area contributed by atoms with Gasteiger partial charge in [-0.2, -0.15) is 0 Å². The summed E-state index contributed by atoms with van der Waals surface area (Å²) in [4.78, 5) is 23.2.